The second-order valence-corrected chi connectivity index (χ2v) is 7.45. The molecule has 1 N–H and O–H groups in total. The van der Waals surface area contributed by atoms with E-state index in [1.54, 1.807) is 6.07 Å². The first-order valence-corrected chi connectivity index (χ1v) is 10.1. The van der Waals surface area contributed by atoms with Gasteiger partial charge in [0.1, 0.15) is 17.2 Å². The van der Waals surface area contributed by atoms with Crippen LogP contribution in [0.15, 0.2) is 78.9 Å². The lowest BCUT2D eigenvalue weighted by atomic mass is 9.84. The summed E-state index contributed by atoms with van der Waals surface area (Å²) in [5, 5.41) is 10.3. The minimum Gasteiger partial charge on any atom is -0.506 e. The number of phenolic OH excluding ortho intramolecular Hbond substituents is 1. The van der Waals surface area contributed by atoms with Gasteiger partial charge in [0, 0.05) is 12.6 Å². The molecule has 2 unspecified atom stereocenters. The molecule has 144 valence electrons. The van der Waals surface area contributed by atoms with E-state index in [0.29, 0.717) is 17.7 Å². The van der Waals surface area contributed by atoms with Crippen LogP contribution in [0.25, 0.3) is 0 Å². The number of phenols is 1. The zero-order valence-electron chi connectivity index (χ0n) is 16.3. The second kappa shape index (κ2) is 8.39. The molecule has 1 aliphatic heterocycles. The summed E-state index contributed by atoms with van der Waals surface area (Å²) in [7, 11) is 0. The van der Waals surface area contributed by atoms with Gasteiger partial charge >= 0.3 is 0 Å². The van der Waals surface area contributed by atoms with Gasteiger partial charge in [0.15, 0.2) is 0 Å². The van der Waals surface area contributed by atoms with Crippen molar-refractivity contribution in [3.05, 3.63) is 84.4 Å². The summed E-state index contributed by atoms with van der Waals surface area (Å²) in [6.07, 6.45) is 3.26. The van der Waals surface area contributed by atoms with Crippen molar-refractivity contribution in [3.63, 3.8) is 0 Å². The highest BCUT2D eigenvalue weighted by Gasteiger charge is 2.29. The Morgan fingerprint density at radius 2 is 1.57 bits per heavy atom. The highest BCUT2D eigenvalue weighted by molar-refractivity contribution is 5.58. The molecule has 1 aliphatic rings. The van der Waals surface area contributed by atoms with Crippen LogP contribution in [0.1, 0.15) is 37.7 Å². The first-order valence-electron chi connectivity index (χ1n) is 10.1. The van der Waals surface area contributed by atoms with E-state index in [2.05, 4.69) is 36.1 Å². The fourth-order valence-corrected chi connectivity index (χ4v) is 4.20. The molecule has 1 saturated heterocycles. The normalized spacial score (nSPS) is 19.4. The first kappa shape index (κ1) is 18.4. The zero-order valence-corrected chi connectivity index (χ0v) is 16.3. The summed E-state index contributed by atoms with van der Waals surface area (Å²) in [4.78, 5) is 2.37. The number of hydrogen-bond acceptors (Lipinski definition) is 3. The Balaban J connectivity index is 1.45. The predicted molar refractivity (Wildman–Crippen MR) is 114 cm³/mol. The van der Waals surface area contributed by atoms with Crippen molar-refractivity contribution < 1.29 is 9.84 Å². The number of benzene rings is 3. The molecule has 3 heteroatoms. The molecule has 0 amide bonds. The smallest absolute Gasteiger partial charge is 0.138 e. The van der Waals surface area contributed by atoms with E-state index in [-0.39, 0.29) is 0 Å². The molecule has 1 heterocycles. The van der Waals surface area contributed by atoms with Crippen LogP contribution in [-0.4, -0.2) is 17.7 Å². The number of nitrogens with zero attached hydrogens (tertiary/aromatic N) is 1. The monoisotopic (exact) mass is 373 g/mol. The van der Waals surface area contributed by atoms with Gasteiger partial charge in [-0.2, -0.15) is 0 Å². The van der Waals surface area contributed by atoms with Crippen LogP contribution in [-0.2, 0) is 0 Å². The molecule has 0 aromatic heterocycles. The molecule has 0 saturated carbocycles. The standard InChI is InChI=1S/C25H27NO2/c1-2-21-18-20(16-17-26(21)24-10-6-7-11-25(24)27)19-12-14-23(15-13-19)28-22-8-4-3-5-9-22/h3-15,20-21,27H,2,16-18H2,1H3. The van der Waals surface area contributed by atoms with E-state index < -0.39 is 0 Å². The van der Waals surface area contributed by atoms with E-state index >= 15 is 0 Å². The maximum Gasteiger partial charge on any atom is 0.138 e. The van der Waals surface area contributed by atoms with E-state index in [1.165, 1.54) is 5.56 Å². The van der Waals surface area contributed by atoms with Gasteiger partial charge < -0.3 is 14.7 Å². The van der Waals surface area contributed by atoms with E-state index in [4.69, 9.17) is 4.74 Å². The number of anilines is 1. The number of hydrogen-bond donors (Lipinski definition) is 1. The van der Waals surface area contributed by atoms with Crippen LogP contribution < -0.4 is 9.64 Å². The van der Waals surface area contributed by atoms with Crippen molar-refractivity contribution in [2.75, 3.05) is 11.4 Å². The third-order valence-electron chi connectivity index (χ3n) is 5.71. The Labute approximate surface area is 167 Å². The van der Waals surface area contributed by atoms with Crippen LogP contribution >= 0.6 is 0 Å². The minimum absolute atomic E-state index is 0.377. The van der Waals surface area contributed by atoms with E-state index in [1.807, 2.05) is 48.5 Å². The van der Waals surface area contributed by atoms with Crippen molar-refractivity contribution in [1.82, 2.24) is 0 Å². The van der Waals surface area contributed by atoms with Gasteiger partial charge in [0.05, 0.1) is 5.69 Å². The third kappa shape index (κ3) is 3.99. The number of para-hydroxylation sites is 3. The van der Waals surface area contributed by atoms with Gasteiger partial charge in [0.2, 0.25) is 0 Å². The highest BCUT2D eigenvalue weighted by atomic mass is 16.5. The van der Waals surface area contributed by atoms with Gasteiger partial charge in [-0.15, -0.1) is 0 Å². The molecule has 1 fully saturated rings. The van der Waals surface area contributed by atoms with Crippen molar-refractivity contribution in [2.24, 2.45) is 0 Å². The van der Waals surface area contributed by atoms with Gasteiger partial charge in [-0.3, -0.25) is 0 Å². The van der Waals surface area contributed by atoms with Crippen LogP contribution in [0.3, 0.4) is 0 Å². The third-order valence-corrected chi connectivity index (χ3v) is 5.71. The summed E-state index contributed by atoms with van der Waals surface area (Å²) in [5.41, 5.74) is 2.33. The molecule has 0 spiro atoms. The summed E-state index contributed by atoms with van der Waals surface area (Å²) >= 11 is 0. The number of piperidine rings is 1. The van der Waals surface area contributed by atoms with Crippen LogP contribution in [0.2, 0.25) is 0 Å². The summed E-state index contributed by atoms with van der Waals surface area (Å²) < 4.78 is 5.92. The van der Waals surface area contributed by atoms with Gasteiger partial charge in [-0.25, -0.2) is 0 Å². The minimum atomic E-state index is 0.377. The highest BCUT2D eigenvalue weighted by Crippen LogP contribution is 2.38. The second-order valence-electron chi connectivity index (χ2n) is 7.45. The predicted octanol–water partition coefficient (Wildman–Crippen LogP) is 6.35. The van der Waals surface area contributed by atoms with Crippen molar-refractivity contribution in [1.29, 1.82) is 0 Å². The van der Waals surface area contributed by atoms with E-state index in [0.717, 1.165) is 43.0 Å². The SMILES string of the molecule is CCC1CC(c2ccc(Oc3ccccc3)cc2)CCN1c1ccccc1O. The lowest BCUT2D eigenvalue weighted by Crippen LogP contribution is -2.41. The fraction of sp³-hybridized carbons (Fsp3) is 0.280. The van der Waals surface area contributed by atoms with Crippen molar-refractivity contribution >= 4 is 5.69 Å². The Bertz CT molecular complexity index is 892. The number of ether oxygens (including phenoxy) is 1. The Hall–Kier alpha value is -2.94. The molecule has 3 aromatic rings. The van der Waals surface area contributed by atoms with Crippen molar-refractivity contribution in [2.45, 2.75) is 38.1 Å². The lowest BCUT2D eigenvalue weighted by molar-refractivity contribution is 0.396. The molecule has 3 nitrogen and oxygen atoms in total. The maximum absolute atomic E-state index is 10.3. The van der Waals surface area contributed by atoms with Gasteiger partial charge in [0.25, 0.3) is 0 Å². The topological polar surface area (TPSA) is 32.7 Å². The molecule has 28 heavy (non-hydrogen) atoms. The average Bonchev–Trinajstić information content (AvgIpc) is 2.75. The zero-order chi connectivity index (χ0) is 19.3. The number of aromatic hydroxyl groups is 1. The molecule has 0 aliphatic carbocycles. The Morgan fingerprint density at radius 1 is 0.893 bits per heavy atom. The van der Waals surface area contributed by atoms with Crippen LogP contribution in [0.4, 0.5) is 5.69 Å². The molecule has 2 atom stereocenters. The molecule has 3 aromatic carbocycles. The molecule has 0 radical (unpaired) electrons. The molecular weight excluding hydrogens is 346 g/mol. The largest absolute Gasteiger partial charge is 0.506 e. The van der Waals surface area contributed by atoms with Crippen molar-refractivity contribution in [3.8, 4) is 17.2 Å². The molecule has 0 bridgehead atoms. The number of rotatable bonds is 5. The summed E-state index contributed by atoms with van der Waals surface area (Å²) in [5.74, 6) is 2.64. The Morgan fingerprint density at radius 3 is 2.29 bits per heavy atom. The average molecular weight is 373 g/mol. The van der Waals surface area contributed by atoms with Crippen LogP contribution in [0, 0.1) is 0 Å². The fourth-order valence-electron chi connectivity index (χ4n) is 4.20. The quantitative estimate of drug-likeness (QED) is 0.566. The van der Waals surface area contributed by atoms with Crippen LogP contribution in [0.5, 0.6) is 17.2 Å². The summed E-state index contributed by atoms with van der Waals surface area (Å²) in [6.45, 7) is 3.19. The molecule has 4 rings (SSSR count). The first-order chi connectivity index (χ1) is 13.7. The van der Waals surface area contributed by atoms with Gasteiger partial charge in [-0.05, 0) is 67.1 Å². The molecular formula is C25H27NO2. The maximum atomic E-state index is 10.3. The summed E-state index contributed by atoms with van der Waals surface area (Å²) in [6, 6.07) is 26.5. The van der Waals surface area contributed by atoms with E-state index in [9.17, 15) is 5.11 Å². The Kier molecular flexibility index (Phi) is 5.52. The lowest BCUT2D eigenvalue weighted by Gasteiger charge is -2.41. The van der Waals surface area contributed by atoms with Gasteiger partial charge in [-0.1, -0.05) is 49.4 Å².